The molecule has 4 aromatic rings. The summed E-state index contributed by atoms with van der Waals surface area (Å²) in [6, 6.07) is 16.7. The van der Waals surface area contributed by atoms with Gasteiger partial charge in [-0.05, 0) is 78.7 Å². The Balaban J connectivity index is 1.40. The molecule has 0 radical (unpaired) electrons. The zero-order chi connectivity index (χ0) is 23.7. The van der Waals surface area contributed by atoms with Crippen molar-refractivity contribution in [2.24, 2.45) is 5.73 Å². The molecule has 5 N–H and O–H groups in total. The van der Waals surface area contributed by atoms with Crippen LogP contribution in [0.25, 0.3) is 21.0 Å². The molecule has 0 saturated carbocycles. The van der Waals surface area contributed by atoms with Gasteiger partial charge in [0.25, 0.3) is 0 Å². The molecule has 1 aliphatic heterocycles. The molecule has 0 aliphatic carbocycles. The van der Waals surface area contributed by atoms with Gasteiger partial charge in [-0.1, -0.05) is 30.3 Å². The van der Waals surface area contributed by atoms with E-state index in [1.165, 1.54) is 29.5 Å². The van der Waals surface area contributed by atoms with E-state index in [4.69, 9.17) is 15.9 Å². The highest BCUT2D eigenvalue weighted by molar-refractivity contribution is 7.21. The van der Waals surface area contributed by atoms with Crippen LogP contribution in [0.3, 0.4) is 0 Å². The number of hydrogen-bond donors (Lipinski definition) is 4. The number of aromatic amines is 1. The molecule has 6 nitrogen and oxygen atoms in total. The number of esters is 1. The van der Waals surface area contributed by atoms with Crippen molar-refractivity contribution in [3.8, 4) is 0 Å². The number of carbonyl (C=O) groups is 1. The van der Waals surface area contributed by atoms with Gasteiger partial charge in [0.1, 0.15) is 4.88 Å². The first-order valence-corrected chi connectivity index (χ1v) is 12.6. The molecule has 3 heterocycles. The number of nitrogens with two attached hydrogens (primary N) is 1. The lowest BCUT2D eigenvalue weighted by Crippen LogP contribution is -2.42. The Hall–Kier alpha value is -3.16. The van der Waals surface area contributed by atoms with E-state index >= 15 is 0 Å². The predicted molar refractivity (Wildman–Crippen MR) is 139 cm³/mol. The van der Waals surface area contributed by atoms with Gasteiger partial charge < -0.3 is 20.8 Å². The van der Waals surface area contributed by atoms with Crippen molar-refractivity contribution in [3.05, 3.63) is 70.2 Å². The van der Waals surface area contributed by atoms with E-state index in [1.54, 1.807) is 0 Å². The fraction of sp³-hybridized carbons (Fsp3) is 0.333. The van der Waals surface area contributed by atoms with Crippen LogP contribution in [0.15, 0.2) is 48.5 Å². The molecular weight excluding hydrogens is 444 g/mol. The summed E-state index contributed by atoms with van der Waals surface area (Å²) >= 11 is 1.53. The Bertz CT molecular complexity index is 1360. The van der Waals surface area contributed by atoms with Crippen LogP contribution in [0.1, 0.15) is 45.8 Å². The smallest absolute Gasteiger partial charge is 0.348 e. The number of hydrogen-bond acceptors (Lipinski definition) is 5. The number of benzene rings is 2. The highest BCUT2D eigenvalue weighted by Crippen LogP contribution is 2.38. The van der Waals surface area contributed by atoms with Gasteiger partial charge in [0.05, 0.1) is 12.9 Å². The molecule has 5 rings (SSSR count). The third-order valence-electron chi connectivity index (χ3n) is 6.93. The lowest BCUT2D eigenvalue weighted by atomic mass is 9.83. The topological polar surface area (TPSA) is 104 Å². The zero-order valence-corrected chi connectivity index (χ0v) is 20.2. The maximum atomic E-state index is 12.6. The number of rotatable bonds is 8. The van der Waals surface area contributed by atoms with Crippen LogP contribution < -0.4 is 11.1 Å². The summed E-state index contributed by atoms with van der Waals surface area (Å²) in [5.74, 6) is -0.0750. The van der Waals surface area contributed by atoms with Gasteiger partial charge >= 0.3 is 5.97 Å². The summed E-state index contributed by atoms with van der Waals surface area (Å²) < 4.78 is 6.25. The van der Waals surface area contributed by atoms with Crippen LogP contribution in [0, 0.1) is 5.41 Å². The Labute approximate surface area is 203 Å². The van der Waals surface area contributed by atoms with Gasteiger partial charge in [0, 0.05) is 27.9 Å². The largest absolute Gasteiger partial charge is 0.465 e. The fourth-order valence-corrected chi connectivity index (χ4v) is 6.40. The highest BCUT2D eigenvalue weighted by Gasteiger charge is 2.36. The number of methoxy groups -OCH3 is 1. The van der Waals surface area contributed by atoms with E-state index in [2.05, 4.69) is 40.6 Å². The van der Waals surface area contributed by atoms with Gasteiger partial charge in [-0.25, -0.2) is 4.79 Å². The minimum atomic E-state index is -0.249. The van der Waals surface area contributed by atoms with Crippen LogP contribution in [0.4, 0.5) is 0 Å². The third kappa shape index (κ3) is 4.45. The third-order valence-corrected chi connectivity index (χ3v) is 8.12. The van der Waals surface area contributed by atoms with Crippen LogP contribution in [0.5, 0.6) is 0 Å². The molecule has 34 heavy (non-hydrogen) atoms. The Kier molecular flexibility index (Phi) is 6.15. The molecule has 0 unspecified atom stereocenters. The minimum absolute atomic E-state index is 0.0519. The normalized spacial score (nSPS) is 18.0. The molecule has 1 atom stereocenters. The first-order chi connectivity index (χ1) is 16.5. The molecule has 1 fully saturated rings. The molecule has 2 aromatic carbocycles. The van der Waals surface area contributed by atoms with Crippen molar-refractivity contribution >= 4 is 44.1 Å². The van der Waals surface area contributed by atoms with Crippen molar-refractivity contribution in [2.75, 3.05) is 13.7 Å². The van der Waals surface area contributed by atoms with Crippen molar-refractivity contribution < 1.29 is 9.53 Å². The van der Waals surface area contributed by atoms with Crippen molar-refractivity contribution in [1.82, 2.24) is 10.3 Å². The number of carbonyl (C=O) groups excluding carboxylic acids is 1. The van der Waals surface area contributed by atoms with E-state index in [0.29, 0.717) is 6.42 Å². The van der Waals surface area contributed by atoms with Crippen molar-refractivity contribution in [2.45, 2.75) is 44.1 Å². The highest BCUT2D eigenvalue weighted by atomic mass is 32.1. The molecule has 0 amide bonds. The Morgan fingerprint density at radius 1 is 1.24 bits per heavy atom. The summed E-state index contributed by atoms with van der Waals surface area (Å²) in [7, 11) is 1.46. The number of H-pyrrole nitrogens is 1. The summed E-state index contributed by atoms with van der Waals surface area (Å²) in [6.07, 6.45) is 5.39. The molecular formula is C27H30N4O2S. The first-order valence-electron chi connectivity index (χ1n) is 11.7. The van der Waals surface area contributed by atoms with E-state index in [-0.39, 0.29) is 17.3 Å². The van der Waals surface area contributed by atoms with Gasteiger partial charge in [-0.15, -0.1) is 11.3 Å². The summed E-state index contributed by atoms with van der Waals surface area (Å²) in [5, 5.41) is 13.7. The SMILES string of the molecule is COC(=O)c1sc2ccccc2c1C[C@]1(CCc2cc3ccc(CC(=N)N)cc3[nH]2)CCCN1. The number of fused-ring (bicyclic) bond motifs is 2. The Morgan fingerprint density at radius 3 is 2.85 bits per heavy atom. The molecule has 1 aliphatic rings. The first kappa shape index (κ1) is 22.6. The van der Waals surface area contributed by atoms with Crippen LogP contribution in [-0.2, 0) is 24.0 Å². The number of amidine groups is 1. The van der Waals surface area contributed by atoms with E-state index in [1.807, 2.05) is 18.2 Å². The Morgan fingerprint density at radius 2 is 2.09 bits per heavy atom. The van der Waals surface area contributed by atoms with Gasteiger partial charge in [0.15, 0.2) is 0 Å². The zero-order valence-electron chi connectivity index (χ0n) is 19.4. The second-order valence-electron chi connectivity index (χ2n) is 9.30. The van der Waals surface area contributed by atoms with Crippen LogP contribution in [-0.4, -0.2) is 36.0 Å². The number of nitrogens with one attached hydrogen (secondary N) is 3. The monoisotopic (exact) mass is 474 g/mol. The predicted octanol–water partition coefficient (Wildman–Crippen LogP) is 4.95. The van der Waals surface area contributed by atoms with E-state index < -0.39 is 0 Å². The second kappa shape index (κ2) is 9.24. The van der Waals surface area contributed by atoms with Gasteiger partial charge in [0.2, 0.25) is 0 Å². The average Bonchev–Trinajstić information content (AvgIpc) is 3.54. The number of aromatic nitrogens is 1. The quantitative estimate of drug-likeness (QED) is 0.165. The van der Waals surface area contributed by atoms with Crippen molar-refractivity contribution in [1.29, 1.82) is 5.41 Å². The maximum absolute atomic E-state index is 12.6. The number of thiophene rings is 1. The molecule has 176 valence electrons. The van der Waals surface area contributed by atoms with Gasteiger partial charge in [-0.2, -0.15) is 0 Å². The maximum Gasteiger partial charge on any atom is 0.348 e. The number of aryl methyl sites for hydroxylation is 1. The van der Waals surface area contributed by atoms with Crippen molar-refractivity contribution in [3.63, 3.8) is 0 Å². The second-order valence-corrected chi connectivity index (χ2v) is 10.4. The summed E-state index contributed by atoms with van der Waals surface area (Å²) in [4.78, 5) is 16.9. The molecule has 7 heteroatoms. The van der Waals surface area contributed by atoms with Crippen LogP contribution in [0.2, 0.25) is 0 Å². The standard InChI is InChI=1S/C27H30N4O2S/c1-33-26(32)25-21(20-5-2-3-6-23(20)34-25)16-27(10-4-12-30-27)11-9-19-15-18-8-7-17(14-24(28)29)13-22(18)31-19/h2-3,5-8,13,15,30-31H,4,9-12,14,16H2,1H3,(H3,28,29)/t27-/m1/s1. The van der Waals surface area contributed by atoms with Crippen LogP contribution >= 0.6 is 11.3 Å². The fourth-order valence-electron chi connectivity index (χ4n) is 5.26. The number of ether oxygens (including phenoxy) is 1. The van der Waals surface area contributed by atoms with E-state index in [0.717, 1.165) is 70.3 Å². The lowest BCUT2D eigenvalue weighted by molar-refractivity contribution is 0.0605. The molecule has 0 spiro atoms. The summed E-state index contributed by atoms with van der Waals surface area (Å²) in [6.45, 7) is 0.997. The minimum Gasteiger partial charge on any atom is -0.465 e. The van der Waals surface area contributed by atoms with E-state index in [9.17, 15) is 4.79 Å². The lowest BCUT2D eigenvalue weighted by Gasteiger charge is -2.30. The molecule has 1 saturated heterocycles. The average molecular weight is 475 g/mol. The molecule has 2 aromatic heterocycles. The summed E-state index contributed by atoms with van der Waals surface area (Å²) in [5.41, 5.74) is 9.95. The molecule has 0 bridgehead atoms. The van der Waals surface area contributed by atoms with Gasteiger partial charge in [-0.3, -0.25) is 5.41 Å².